The van der Waals surface area contributed by atoms with Gasteiger partial charge in [0.1, 0.15) is 6.10 Å². The van der Waals surface area contributed by atoms with E-state index in [4.69, 9.17) is 0 Å². The van der Waals surface area contributed by atoms with Crippen molar-refractivity contribution in [2.45, 2.75) is 39.2 Å². The fourth-order valence-electron chi connectivity index (χ4n) is 1.90. The van der Waals surface area contributed by atoms with Crippen LogP contribution in [0.4, 0.5) is 0 Å². The second kappa shape index (κ2) is 3.74. The van der Waals surface area contributed by atoms with Crippen LogP contribution in [-0.4, -0.2) is 11.2 Å². The number of rotatable bonds is 2. The van der Waals surface area contributed by atoms with Crippen molar-refractivity contribution in [1.82, 2.24) is 0 Å². The topological polar surface area (TPSA) is 52.4 Å². The van der Waals surface area contributed by atoms with Crippen LogP contribution in [0.3, 0.4) is 0 Å². The van der Waals surface area contributed by atoms with Crippen molar-refractivity contribution < 1.29 is 9.92 Å². The molecule has 1 rings (SSSR count). The molecular formula is C8H15NO3. The van der Waals surface area contributed by atoms with Crippen molar-refractivity contribution in [1.29, 1.82) is 0 Å². The monoisotopic (exact) mass is 173 g/mol. The smallest absolute Gasteiger partial charge is 0.294 e. The lowest BCUT2D eigenvalue weighted by Gasteiger charge is -2.30. The third-order valence-corrected chi connectivity index (χ3v) is 2.57. The van der Waals surface area contributed by atoms with Gasteiger partial charge >= 0.3 is 0 Å². The highest BCUT2D eigenvalue weighted by Gasteiger charge is 2.27. The predicted molar refractivity (Wildman–Crippen MR) is 44.0 cm³/mol. The highest BCUT2D eigenvalue weighted by molar-refractivity contribution is 4.75. The molecule has 12 heavy (non-hydrogen) atoms. The van der Waals surface area contributed by atoms with E-state index in [9.17, 15) is 10.1 Å². The number of nitrogens with zero attached hydrogens (tertiary/aromatic N) is 1. The zero-order valence-electron chi connectivity index (χ0n) is 7.53. The SMILES string of the molecule is CC1CCC(O[N+](=O)[O-])C(C)C1. The van der Waals surface area contributed by atoms with E-state index in [2.05, 4.69) is 11.8 Å². The van der Waals surface area contributed by atoms with Crippen LogP contribution in [0.15, 0.2) is 0 Å². The molecule has 0 aromatic carbocycles. The molecule has 1 fully saturated rings. The minimum Gasteiger partial charge on any atom is -0.310 e. The molecule has 0 aromatic heterocycles. The minimum absolute atomic E-state index is 0.170. The summed E-state index contributed by atoms with van der Waals surface area (Å²) in [5.41, 5.74) is 0. The summed E-state index contributed by atoms with van der Waals surface area (Å²) in [5, 5.41) is 9.41. The molecular weight excluding hydrogens is 158 g/mol. The predicted octanol–water partition coefficient (Wildman–Crippen LogP) is 2.02. The summed E-state index contributed by atoms with van der Waals surface area (Å²) >= 11 is 0. The Morgan fingerprint density at radius 3 is 2.58 bits per heavy atom. The van der Waals surface area contributed by atoms with Crippen molar-refractivity contribution in [3.05, 3.63) is 10.1 Å². The molecule has 0 spiro atoms. The van der Waals surface area contributed by atoms with Gasteiger partial charge in [0.15, 0.2) is 0 Å². The minimum atomic E-state index is -0.669. The molecule has 0 bridgehead atoms. The Kier molecular flexibility index (Phi) is 2.89. The fraction of sp³-hybridized carbons (Fsp3) is 1.00. The van der Waals surface area contributed by atoms with E-state index >= 15 is 0 Å². The molecule has 0 saturated heterocycles. The summed E-state index contributed by atoms with van der Waals surface area (Å²) in [5.74, 6) is 1.01. The van der Waals surface area contributed by atoms with E-state index in [1.807, 2.05) is 6.92 Å². The van der Waals surface area contributed by atoms with Gasteiger partial charge in [-0.2, -0.15) is 0 Å². The average Bonchev–Trinajstić information content (AvgIpc) is 1.94. The van der Waals surface area contributed by atoms with Crippen LogP contribution in [0.5, 0.6) is 0 Å². The molecule has 70 valence electrons. The van der Waals surface area contributed by atoms with Crippen molar-refractivity contribution >= 4 is 0 Å². The maximum atomic E-state index is 10.1. The Bertz CT molecular complexity index is 172. The standard InChI is InChI=1S/C8H15NO3/c1-6-3-4-8(7(2)5-6)12-9(10)11/h6-8H,3-5H2,1-2H3. The van der Waals surface area contributed by atoms with E-state index in [-0.39, 0.29) is 6.10 Å². The van der Waals surface area contributed by atoms with Gasteiger partial charge in [-0.15, -0.1) is 10.1 Å². The van der Waals surface area contributed by atoms with Gasteiger partial charge in [0, 0.05) is 0 Å². The third kappa shape index (κ3) is 2.36. The van der Waals surface area contributed by atoms with Gasteiger partial charge < -0.3 is 4.84 Å². The van der Waals surface area contributed by atoms with E-state index < -0.39 is 5.09 Å². The molecule has 3 atom stereocenters. The molecule has 1 saturated carbocycles. The first-order valence-corrected chi connectivity index (χ1v) is 4.40. The average molecular weight is 173 g/mol. The normalized spacial score (nSPS) is 36.0. The summed E-state index contributed by atoms with van der Waals surface area (Å²) in [6, 6.07) is 0. The van der Waals surface area contributed by atoms with Crippen molar-refractivity contribution in [2.75, 3.05) is 0 Å². The van der Waals surface area contributed by atoms with Crippen LogP contribution in [-0.2, 0) is 4.84 Å². The largest absolute Gasteiger partial charge is 0.310 e. The highest BCUT2D eigenvalue weighted by Crippen LogP contribution is 2.30. The van der Waals surface area contributed by atoms with Gasteiger partial charge in [-0.05, 0) is 31.1 Å². The Hall–Kier alpha value is -0.800. The van der Waals surface area contributed by atoms with Gasteiger partial charge in [-0.25, -0.2) is 0 Å². The Balaban J connectivity index is 2.39. The van der Waals surface area contributed by atoms with Crippen molar-refractivity contribution in [3.63, 3.8) is 0 Å². The first-order chi connectivity index (χ1) is 5.59. The Labute approximate surface area is 72.0 Å². The lowest BCUT2D eigenvalue weighted by atomic mass is 9.81. The first kappa shape index (κ1) is 9.29. The lowest BCUT2D eigenvalue weighted by molar-refractivity contribution is -0.771. The van der Waals surface area contributed by atoms with Gasteiger partial charge in [0.05, 0.1) is 0 Å². The van der Waals surface area contributed by atoms with Crippen LogP contribution >= 0.6 is 0 Å². The molecule has 0 aromatic rings. The Morgan fingerprint density at radius 2 is 2.08 bits per heavy atom. The third-order valence-electron chi connectivity index (χ3n) is 2.57. The van der Waals surface area contributed by atoms with Crippen LogP contribution in [0.25, 0.3) is 0 Å². The van der Waals surface area contributed by atoms with Crippen LogP contribution in [0.1, 0.15) is 33.1 Å². The zero-order valence-corrected chi connectivity index (χ0v) is 7.53. The summed E-state index contributed by atoms with van der Waals surface area (Å²) in [7, 11) is 0. The number of hydrogen-bond donors (Lipinski definition) is 0. The molecule has 0 heterocycles. The second-order valence-corrected chi connectivity index (χ2v) is 3.76. The number of hydrogen-bond acceptors (Lipinski definition) is 3. The molecule has 4 heteroatoms. The molecule has 4 nitrogen and oxygen atoms in total. The van der Waals surface area contributed by atoms with Gasteiger partial charge in [0.25, 0.3) is 5.09 Å². The van der Waals surface area contributed by atoms with Gasteiger partial charge in [0.2, 0.25) is 0 Å². The molecule has 0 radical (unpaired) electrons. The maximum Gasteiger partial charge on any atom is 0.294 e. The molecule has 1 aliphatic rings. The second-order valence-electron chi connectivity index (χ2n) is 3.76. The molecule has 3 unspecified atom stereocenters. The lowest BCUT2D eigenvalue weighted by Crippen LogP contribution is -2.30. The quantitative estimate of drug-likeness (QED) is 0.474. The molecule has 1 aliphatic carbocycles. The Morgan fingerprint density at radius 1 is 1.42 bits per heavy atom. The van der Waals surface area contributed by atoms with Gasteiger partial charge in [-0.1, -0.05) is 13.8 Å². The van der Waals surface area contributed by atoms with Crippen LogP contribution in [0.2, 0.25) is 0 Å². The van der Waals surface area contributed by atoms with Gasteiger partial charge in [-0.3, -0.25) is 0 Å². The van der Waals surface area contributed by atoms with E-state index in [1.165, 1.54) is 0 Å². The summed E-state index contributed by atoms with van der Waals surface area (Å²) < 4.78 is 0. The van der Waals surface area contributed by atoms with Crippen molar-refractivity contribution in [2.24, 2.45) is 11.8 Å². The summed E-state index contributed by atoms with van der Waals surface area (Å²) in [6.45, 7) is 4.20. The molecule has 0 amide bonds. The summed E-state index contributed by atoms with van der Waals surface area (Å²) in [6.07, 6.45) is 2.74. The van der Waals surface area contributed by atoms with Crippen molar-refractivity contribution in [3.8, 4) is 0 Å². The van der Waals surface area contributed by atoms with Crippen LogP contribution in [0, 0.1) is 22.0 Å². The van der Waals surface area contributed by atoms with E-state index in [0.29, 0.717) is 11.8 Å². The summed E-state index contributed by atoms with van der Waals surface area (Å²) in [4.78, 5) is 14.7. The van der Waals surface area contributed by atoms with E-state index in [0.717, 1.165) is 19.3 Å². The highest BCUT2D eigenvalue weighted by atomic mass is 17.0. The fourth-order valence-corrected chi connectivity index (χ4v) is 1.90. The van der Waals surface area contributed by atoms with E-state index in [1.54, 1.807) is 0 Å². The van der Waals surface area contributed by atoms with Crippen LogP contribution < -0.4 is 0 Å². The first-order valence-electron chi connectivity index (χ1n) is 4.40. The molecule has 0 N–H and O–H groups in total. The maximum absolute atomic E-state index is 10.1. The zero-order chi connectivity index (χ0) is 9.14. The molecule has 0 aliphatic heterocycles.